The van der Waals surface area contributed by atoms with Gasteiger partial charge in [-0.25, -0.2) is 9.98 Å². The van der Waals surface area contributed by atoms with Crippen LogP contribution in [0, 0.1) is 0 Å². The summed E-state index contributed by atoms with van der Waals surface area (Å²) in [7, 11) is 3.97. The predicted octanol–water partition coefficient (Wildman–Crippen LogP) is 1.22. The number of hydrogen-bond donors (Lipinski definition) is 2. The maximum Gasteiger partial charge on any atom is 0.191 e. The van der Waals surface area contributed by atoms with Gasteiger partial charge in [-0.3, -0.25) is 0 Å². The molecule has 0 radical (unpaired) electrons. The first-order chi connectivity index (χ1) is 8.67. The molecular weight excluding hydrogens is 226 g/mol. The van der Waals surface area contributed by atoms with Crippen LogP contribution in [0.4, 0.5) is 5.82 Å². The highest BCUT2D eigenvalue weighted by Gasteiger charge is 2.00. The van der Waals surface area contributed by atoms with E-state index in [1.54, 1.807) is 0 Å². The Morgan fingerprint density at radius 1 is 1.22 bits per heavy atom. The highest BCUT2D eigenvalue weighted by atomic mass is 15.2. The number of anilines is 1. The highest BCUT2D eigenvalue weighted by molar-refractivity contribution is 5.79. The first-order valence-corrected chi connectivity index (χ1v) is 6.32. The van der Waals surface area contributed by atoms with Crippen LogP contribution in [-0.4, -0.2) is 38.1 Å². The zero-order valence-electron chi connectivity index (χ0n) is 11.7. The van der Waals surface area contributed by atoms with Gasteiger partial charge in [0, 0.05) is 27.2 Å². The number of hydrogen-bond acceptors (Lipinski definition) is 3. The van der Waals surface area contributed by atoms with Crippen LogP contribution in [0.2, 0.25) is 0 Å². The normalized spacial score (nSPS) is 9.78. The van der Waals surface area contributed by atoms with Gasteiger partial charge in [0.15, 0.2) is 5.96 Å². The summed E-state index contributed by atoms with van der Waals surface area (Å²) < 4.78 is 0. The minimum atomic E-state index is 0.580. The van der Waals surface area contributed by atoms with Gasteiger partial charge in [-0.05, 0) is 26.0 Å². The zero-order valence-corrected chi connectivity index (χ0v) is 11.7. The van der Waals surface area contributed by atoms with Crippen molar-refractivity contribution in [2.75, 3.05) is 32.1 Å². The van der Waals surface area contributed by atoms with Crippen LogP contribution in [0.25, 0.3) is 0 Å². The van der Waals surface area contributed by atoms with Crippen LogP contribution in [0.3, 0.4) is 0 Å². The van der Waals surface area contributed by atoms with E-state index in [4.69, 9.17) is 0 Å². The van der Waals surface area contributed by atoms with E-state index in [0.717, 1.165) is 30.6 Å². The van der Waals surface area contributed by atoms with E-state index in [9.17, 15) is 0 Å². The quantitative estimate of drug-likeness (QED) is 0.608. The second kappa shape index (κ2) is 7.53. The molecule has 5 nitrogen and oxygen atoms in total. The Balaban J connectivity index is 2.70. The summed E-state index contributed by atoms with van der Waals surface area (Å²) >= 11 is 0. The Morgan fingerprint density at radius 2 is 1.89 bits per heavy atom. The summed E-state index contributed by atoms with van der Waals surface area (Å²) in [5.74, 6) is 1.79. The SMILES string of the molecule is CCNC(=NCc1cccc(N(C)C)n1)NCC. The van der Waals surface area contributed by atoms with Crippen LogP contribution < -0.4 is 15.5 Å². The molecule has 0 aliphatic carbocycles. The van der Waals surface area contributed by atoms with Crippen molar-refractivity contribution >= 4 is 11.8 Å². The molecule has 100 valence electrons. The van der Waals surface area contributed by atoms with Crippen molar-refractivity contribution in [3.63, 3.8) is 0 Å². The molecule has 5 heteroatoms. The van der Waals surface area contributed by atoms with Gasteiger partial charge in [-0.2, -0.15) is 0 Å². The van der Waals surface area contributed by atoms with Crippen molar-refractivity contribution in [3.8, 4) is 0 Å². The summed E-state index contributed by atoms with van der Waals surface area (Å²) in [6.45, 7) is 6.40. The van der Waals surface area contributed by atoms with Gasteiger partial charge in [0.05, 0.1) is 12.2 Å². The second-order valence-corrected chi connectivity index (χ2v) is 4.11. The van der Waals surface area contributed by atoms with Crippen LogP contribution >= 0.6 is 0 Å². The van der Waals surface area contributed by atoms with Crippen LogP contribution in [0.1, 0.15) is 19.5 Å². The number of aromatic nitrogens is 1. The molecular formula is C13H23N5. The minimum Gasteiger partial charge on any atom is -0.363 e. The molecule has 0 aliphatic heterocycles. The van der Waals surface area contributed by atoms with Crippen molar-refractivity contribution in [3.05, 3.63) is 23.9 Å². The predicted molar refractivity (Wildman–Crippen MR) is 77.1 cm³/mol. The fourth-order valence-corrected chi connectivity index (χ4v) is 1.47. The molecule has 1 heterocycles. The molecule has 0 saturated heterocycles. The fourth-order valence-electron chi connectivity index (χ4n) is 1.47. The fraction of sp³-hybridized carbons (Fsp3) is 0.538. The van der Waals surface area contributed by atoms with Crippen molar-refractivity contribution in [2.24, 2.45) is 4.99 Å². The summed E-state index contributed by atoms with van der Waals surface area (Å²) in [6, 6.07) is 5.99. The Hall–Kier alpha value is -1.78. The van der Waals surface area contributed by atoms with E-state index in [-0.39, 0.29) is 0 Å². The molecule has 0 amide bonds. The maximum atomic E-state index is 4.53. The minimum absolute atomic E-state index is 0.580. The molecule has 0 spiro atoms. The van der Waals surface area contributed by atoms with Gasteiger partial charge in [0.2, 0.25) is 0 Å². The third kappa shape index (κ3) is 4.61. The number of nitrogens with zero attached hydrogens (tertiary/aromatic N) is 3. The lowest BCUT2D eigenvalue weighted by atomic mass is 10.3. The lowest BCUT2D eigenvalue weighted by molar-refractivity contribution is 0.833. The smallest absolute Gasteiger partial charge is 0.191 e. The van der Waals surface area contributed by atoms with Crippen LogP contribution in [0.5, 0.6) is 0 Å². The molecule has 0 aliphatic rings. The largest absolute Gasteiger partial charge is 0.363 e. The third-order valence-electron chi connectivity index (χ3n) is 2.34. The van der Waals surface area contributed by atoms with E-state index in [1.807, 2.05) is 37.2 Å². The molecule has 0 unspecified atom stereocenters. The van der Waals surface area contributed by atoms with Gasteiger partial charge in [-0.15, -0.1) is 0 Å². The lowest BCUT2D eigenvalue weighted by Gasteiger charge is -2.12. The molecule has 0 fully saturated rings. The topological polar surface area (TPSA) is 52.6 Å². The summed E-state index contributed by atoms with van der Waals surface area (Å²) in [5.41, 5.74) is 0.967. The molecule has 0 saturated carbocycles. The molecule has 1 rings (SSSR count). The summed E-state index contributed by atoms with van der Waals surface area (Å²) in [6.07, 6.45) is 0. The van der Waals surface area contributed by atoms with Gasteiger partial charge >= 0.3 is 0 Å². The Kier molecular flexibility index (Phi) is 5.97. The zero-order chi connectivity index (χ0) is 13.4. The number of nitrogens with one attached hydrogen (secondary N) is 2. The number of aliphatic imine (C=N–C) groups is 1. The standard InChI is InChI=1S/C13H23N5/c1-5-14-13(15-6-2)16-10-11-8-7-9-12(17-11)18(3)4/h7-9H,5-6,10H2,1-4H3,(H2,14,15,16). The monoisotopic (exact) mass is 249 g/mol. The first-order valence-electron chi connectivity index (χ1n) is 6.32. The van der Waals surface area contributed by atoms with E-state index in [1.165, 1.54) is 0 Å². The van der Waals surface area contributed by atoms with Gasteiger partial charge in [0.25, 0.3) is 0 Å². The Morgan fingerprint density at radius 3 is 2.44 bits per heavy atom. The van der Waals surface area contributed by atoms with Crippen molar-refractivity contribution < 1.29 is 0 Å². The summed E-state index contributed by atoms with van der Waals surface area (Å²) in [4.78, 5) is 11.0. The Bertz CT molecular complexity index is 379. The molecule has 0 atom stereocenters. The maximum absolute atomic E-state index is 4.53. The van der Waals surface area contributed by atoms with Crippen molar-refractivity contribution in [1.82, 2.24) is 15.6 Å². The van der Waals surface area contributed by atoms with Crippen LogP contribution in [-0.2, 0) is 6.54 Å². The average molecular weight is 249 g/mol. The molecule has 1 aromatic heterocycles. The Labute approximate surface area is 109 Å². The van der Waals surface area contributed by atoms with E-state index in [2.05, 4.69) is 34.5 Å². The number of pyridine rings is 1. The molecule has 0 aromatic carbocycles. The molecule has 0 bridgehead atoms. The lowest BCUT2D eigenvalue weighted by Crippen LogP contribution is -2.37. The average Bonchev–Trinajstić information content (AvgIpc) is 2.37. The van der Waals surface area contributed by atoms with Gasteiger partial charge in [0.1, 0.15) is 5.82 Å². The van der Waals surface area contributed by atoms with Crippen LogP contribution in [0.15, 0.2) is 23.2 Å². The molecule has 1 aromatic rings. The third-order valence-corrected chi connectivity index (χ3v) is 2.34. The molecule has 18 heavy (non-hydrogen) atoms. The van der Waals surface area contributed by atoms with Crippen molar-refractivity contribution in [2.45, 2.75) is 20.4 Å². The van der Waals surface area contributed by atoms with E-state index < -0.39 is 0 Å². The van der Waals surface area contributed by atoms with Gasteiger partial charge < -0.3 is 15.5 Å². The number of guanidine groups is 1. The van der Waals surface area contributed by atoms with Gasteiger partial charge in [-0.1, -0.05) is 6.07 Å². The second-order valence-electron chi connectivity index (χ2n) is 4.11. The summed E-state index contributed by atoms with van der Waals surface area (Å²) in [5, 5.41) is 6.38. The van der Waals surface area contributed by atoms with E-state index in [0.29, 0.717) is 6.54 Å². The van der Waals surface area contributed by atoms with Crippen molar-refractivity contribution in [1.29, 1.82) is 0 Å². The number of rotatable bonds is 5. The first kappa shape index (κ1) is 14.3. The van der Waals surface area contributed by atoms with E-state index >= 15 is 0 Å². The molecule has 2 N–H and O–H groups in total. The highest BCUT2D eigenvalue weighted by Crippen LogP contribution is 2.08.